The standard InChI is InChI=1S/C4Br3Cl2F5/c5-1(10,4(7,13)14)2(8,11)3(6,9)12. The minimum atomic E-state index is -4.46. The first kappa shape index (κ1) is 15.7. The predicted octanol–water partition coefficient (Wildman–Crippen LogP) is 5.20. The SMILES string of the molecule is FC(F)(Br)C(F)(Br)C(F)(Cl)C(F)(Cl)Br. The van der Waals surface area contributed by atoms with Crippen LogP contribution in [0.5, 0.6) is 0 Å². The van der Waals surface area contributed by atoms with E-state index < -0.39 is 18.6 Å². The van der Waals surface area contributed by atoms with Gasteiger partial charge in [0.25, 0.3) is 13.7 Å². The van der Waals surface area contributed by atoms with Crippen molar-refractivity contribution in [3.8, 4) is 0 Å². The molecule has 0 saturated carbocycles. The first-order valence-corrected chi connectivity index (χ1v) is 5.77. The van der Waals surface area contributed by atoms with Crippen molar-refractivity contribution in [1.29, 1.82) is 0 Å². The highest BCUT2D eigenvalue weighted by Gasteiger charge is 2.74. The van der Waals surface area contributed by atoms with Crippen LogP contribution in [-0.4, -0.2) is 18.6 Å². The summed E-state index contributed by atoms with van der Waals surface area (Å²) >= 11 is 14.2. The molecule has 0 aromatic heterocycles. The zero-order valence-corrected chi connectivity index (χ0v) is 12.0. The molecule has 0 saturated heterocycles. The van der Waals surface area contributed by atoms with Crippen LogP contribution in [0, 0.1) is 0 Å². The highest BCUT2D eigenvalue weighted by molar-refractivity contribution is 9.13. The largest absolute Gasteiger partial charge is 0.349 e. The molecule has 0 heterocycles. The van der Waals surface area contributed by atoms with E-state index in [-0.39, 0.29) is 0 Å². The van der Waals surface area contributed by atoms with E-state index in [4.69, 9.17) is 0 Å². The summed E-state index contributed by atoms with van der Waals surface area (Å²) in [5.74, 6) is 0. The molecule has 0 aliphatic heterocycles. The van der Waals surface area contributed by atoms with Gasteiger partial charge in [-0.15, -0.1) is 0 Å². The van der Waals surface area contributed by atoms with Crippen molar-refractivity contribution in [1.82, 2.24) is 0 Å². The molecule has 3 unspecified atom stereocenters. The van der Waals surface area contributed by atoms with Crippen molar-refractivity contribution < 1.29 is 22.0 Å². The molecule has 14 heavy (non-hydrogen) atoms. The fourth-order valence-corrected chi connectivity index (χ4v) is 1.92. The molecule has 0 N–H and O–H groups in total. The van der Waals surface area contributed by atoms with E-state index in [2.05, 4.69) is 23.2 Å². The molecular weight excluding hydrogens is 454 g/mol. The van der Waals surface area contributed by atoms with Crippen molar-refractivity contribution in [2.45, 2.75) is 18.6 Å². The Morgan fingerprint density at radius 1 is 0.786 bits per heavy atom. The molecule has 0 spiro atoms. The zero-order valence-electron chi connectivity index (χ0n) is 5.78. The summed E-state index contributed by atoms with van der Waals surface area (Å²) in [5, 5.41) is -4.24. The predicted molar refractivity (Wildman–Crippen MR) is 55.0 cm³/mol. The Bertz CT molecular complexity index is 196. The molecule has 0 radical (unpaired) electrons. The first-order chi connectivity index (χ1) is 5.75. The van der Waals surface area contributed by atoms with E-state index >= 15 is 0 Å². The van der Waals surface area contributed by atoms with Gasteiger partial charge in [0.05, 0.1) is 0 Å². The molecule has 0 nitrogen and oxygen atoms in total. The van der Waals surface area contributed by atoms with Crippen LogP contribution in [0.15, 0.2) is 0 Å². The van der Waals surface area contributed by atoms with Gasteiger partial charge in [-0.05, 0) is 47.8 Å². The van der Waals surface area contributed by atoms with Gasteiger partial charge in [-0.1, -0.05) is 23.2 Å². The molecule has 3 atom stereocenters. The van der Waals surface area contributed by atoms with Gasteiger partial charge in [-0.25, -0.2) is 13.2 Å². The van der Waals surface area contributed by atoms with E-state index in [1.54, 1.807) is 31.9 Å². The Hall–Kier alpha value is 1.67. The fourth-order valence-electron chi connectivity index (χ4n) is 0.356. The lowest BCUT2D eigenvalue weighted by molar-refractivity contribution is -0.0707. The molecule has 0 aromatic rings. The average Bonchev–Trinajstić information content (AvgIpc) is 1.81. The number of halogens is 10. The number of alkyl halides is 10. The Balaban J connectivity index is 5.30. The third-order valence-electron chi connectivity index (χ3n) is 1.11. The highest BCUT2D eigenvalue weighted by Crippen LogP contribution is 2.60. The Morgan fingerprint density at radius 2 is 1.07 bits per heavy atom. The first-order valence-electron chi connectivity index (χ1n) is 2.64. The monoisotopic (exact) mass is 450 g/mol. The van der Waals surface area contributed by atoms with Crippen molar-refractivity contribution in [3.63, 3.8) is 0 Å². The minimum absolute atomic E-state index is 1.50. The summed E-state index contributed by atoms with van der Waals surface area (Å²) in [6, 6.07) is 0. The molecule has 0 bridgehead atoms. The van der Waals surface area contributed by atoms with Gasteiger partial charge in [0.2, 0.25) is 0 Å². The van der Waals surface area contributed by atoms with Crippen molar-refractivity contribution >= 4 is 71.0 Å². The van der Waals surface area contributed by atoms with Crippen LogP contribution in [0.3, 0.4) is 0 Å². The maximum atomic E-state index is 13.2. The summed E-state index contributed by atoms with van der Waals surface area (Å²) in [6.45, 7) is 0. The van der Waals surface area contributed by atoms with Gasteiger partial charge in [0, 0.05) is 0 Å². The fraction of sp³-hybridized carbons (Fsp3) is 1.00. The van der Waals surface area contributed by atoms with Gasteiger partial charge in [0.1, 0.15) is 0 Å². The minimum Gasteiger partial charge on any atom is -0.218 e. The van der Waals surface area contributed by atoms with E-state index in [0.29, 0.717) is 0 Å². The van der Waals surface area contributed by atoms with E-state index in [1.165, 1.54) is 15.9 Å². The summed E-state index contributed by atoms with van der Waals surface area (Å²) in [4.78, 5) is -4.46. The molecule has 0 amide bonds. The smallest absolute Gasteiger partial charge is 0.218 e. The lowest BCUT2D eigenvalue weighted by Gasteiger charge is -2.36. The van der Waals surface area contributed by atoms with Crippen molar-refractivity contribution in [3.05, 3.63) is 0 Å². The van der Waals surface area contributed by atoms with Gasteiger partial charge < -0.3 is 0 Å². The second-order valence-corrected chi connectivity index (χ2v) is 6.82. The van der Waals surface area contributed by atoms with Crippen LogP contribution in [0.25, 0.3) is 0 Å². The molecule has 0 rings (SSSR count). The normalized spacial score (nSPS) is 26.1. The van der Waals surface area contributed by atoms with Crippen LogP contribution in [-0.2, 0) is 0 Å². The average molecular weight is 454 g/mol. The third-order valence-corrected chi connectivity index (χ3v) is 5.11. The highest BCUT2D eigenvalue weighted by atomic mass is 79.9. The number of hydrogen-bond donors (Lipinski definition) is 0. The summed E-state index contributed by atoms with van der Waals surface area (Å²) in [7, 11) is 0. The van der Waals surface area contributed by atoms with Crippen LogP contribution >= 0.6 is 71.0 Å². The molecule has 0 aliphatic rings. The van der Waals surface area contributed by atoms with Crippen LogP contribution < -0.4 is 0 Å². The van der Waals surface area contributed by atoms with Crippen LogP contribution in [0.4, 0.5) is 22.0 Å². The second kappa shape index (κ2) is 4.16. The maximum Gasteiger partial charge on any atom is 0.349 e. The molecule has 10 heteroatoms. The quantitative estimate of drug-likeness (QED) is 0.407. The number of rotatable bonds is 3. The molecule has 0 aliphatic carbocycles. The van der Waals surface area contributed by atoms with Crippen LogP contribution in [0.2, 0.25) is 0 Å². The van der Waals surface area contributed by atoms with E-state index in [9.17, 15) is 22.0 Å². The zero-order chi connectivity index (χ0) is 12.0. The molecule has 0 fully saturated rings. The lowest BCUT2D eigenvalue weighted by Crippen LogP contribution is -2.56. The van der Waals surface area contributed by atoms with Gasteiger partial charge in [0.15, 0.2) is 0 Å². The van der Waals surface area contributed by atoms with Gasteiger partial charge in [-0.2, -0.15) is 8.78 Å². The summed E-state index contributed by atoms with van der Waals surface area (Å²) in [6.07, 6.45) is 0. The Labute approximate surface area is 111 Å². The lowest BCUT2D eigenvalue weighted by atomic mass is 10.2. The maximum absolute atomic E-state index is 13.2. The van der Waals surface area contributed by atoms with Gasteiger partial charge in [-0.3, -0.25) is 0 Å². The van der Waals surface area contributed by atoms with Crippen molar-refractivity contribution in [2.75, 3.05) is 0 Å². The molecular formula is C4Br3Cl2F5. The number of hydrogen-bond acceptors (Lipinski definition) is 0. The van der Waals surface area contributed by atoms with Crippen molar-refractivity contribution in [2.24, 2.45) is 0 Å². The van der Waals surface area contributed by atoms with Gasteiger partial charge >= 0.3 is 4.83 Å². The molecule has 0 aromatic carbocycles. The summed E-state index contributed by atoms with van der Waals surface area (Å²) in [5.41, 5.74) is 0. The topological polar surface area (TPSA) is 0 Å². The van der Waals surface area contributed by atoms with Crippen LogP contribution in [0.1, 0.15) is 0 Å². The molecule has 86 valence electrons. The van der Waals surface area contributed by atoms with E-state index in [1.807, 2.05) is 0 Å². The Morgan fingerprint density at radius 3 is 1.14 bits per heavy atom. The second-order valence-electron chi connectivity index (χ2n) is 2.14. The Kier molecular flexibility index (Phi) is 4.66. The van der Waals surface area contributed by atoms with E-state index in [0.717, 1.165) is 0 Å². The summed E-state index contributed by atoms with van der Waals surface area (Å²) < 4.78 is 56.0. The third kappa shape index (κ3) is 2.67.